The third-order valence-corrected chi connectivity index (χ3v) is 3.30. The maximum absolute atomic E-state index is 9.13. The van der Waals surface area contributed by atoms with Crippen molar-refractivity contribution in [3.8, 4) is 0 Å². The van der Waals surface area contributed by atoms with Gasteiger partial charge in [0.05, 0.1) is 0 Å². The van der Waals surface area contributed by atoms with E-state index in [1.54, 1.807) is 12.4 Å². The first-order valence-electron chi connectivity index (χ1n) is 6.27. The van der Waals surface area contributed by atoms with E-state index in [0.717, 1.165) is 25.8 Å². The normalized spacial score (nSPS) is 19.8. The third kappa shape index (κ3) is 2.59. The second-order valence-electron chi connectivity index (χ2n) is 4.50. The van der Waals surface area contributed by atoms with Crippen LogP contribution in [0.4, 0.5) is 5.82 Å². The Labute approximate surface area is 106 Å². The van der Waals surface area contributed by atoms with Gasteiger partial charge in [0.25, 0.3) is 0 Å². The van der Waals surface area contributed by atoms with Crippen LogP contribution < -0.4 is 10.6 Å². The van der Waals surface area contributed by atoms with Crippen molar-refractivity contribution >= 4 is 11.7 Å². The minimum atomic E-state index is -0.0635. The van der Waals surface area contributed by atoms with E-state index in [-0.39, 0.29) is 18.5 Å². The molecule has 4 N–H and O–H groups in total. The molecular formula is C12H19N5O. The molecule has 0 aliphatic carbocycles. The Morgan fingerprint density at radius 2 is 2.22 bits per heavy atom. The van der Waals surface area contributed by atoms with Crippen LogP contribution in [-0.2, 0) is 0 Å². The summed E-state index contributed by atoms with van der Waals surface area (Å²) in [5, 5.41) is 16.7. The topological polar surface area (TPSA) is 99.1 Å². The highest BCUT2D eigenvalue weighted by molar-refractivity contribution is 5.97. The van der Waals surface area contributed by atoms with Crippen LogP contribution in [0.25, 0.3) is 0 Å². The highest BCUT2D eigenvalue weighted by atomic mass is 16.3. The fourth-order valence-corrected chi connectivity index (χ4v) is 2.46. The second-order valence-corrected chi connectivity index (χ2v) is 4.50. The van der Waals surface area contributed by atoms with Crippen molar-refractivity contribution < 1.29 is 5.11 Å². The first-order valence-corrected chi connectivity index (χ1v) is 6.27. The molecule has 0 saturated carbocycles. The average Bonchev–Trinajstić information content (AvgIpc) is 2.40. The number of nitrogens with zero attached hydrogens (tertiary/aromatic N) is 3. The molecule has 0 spiro atoms. The lowest BCUT2D eigenvalue weighted by Gasteiger charge is -2.37. The van der Waals surface area contributed by atoms with E-state index >= 15 is 0 Å². The fraction of sp³-hybridized carbons (Fsp3) is 0.583. The molecule has 2 heterocycles. The zero-order valence-corrected chi connectivity index (χ0v) is 10.3. The zero-order chi connectivity index (χ0) is 13.0. The Balaban J connectivity index is 2.30. The van der Waals surface area contributed by atoms with Gasteiger partial charge in [-0.3, -0.25) is 5.41 Å². The van der Waals surface area contributed by atoms with E-state index in [1.807, 2.05) is 0 Å². The predicted octanol–water partition coefficient (Wildman–Crippen LogP) is 0.502. The maximum Gasteiger partial charge on any atom is 0.158 e. The summed E-state index contributed by atoms with van der Waals surface area (Å²) in [4.78, 5) is 10.6. The smallest absolute Gasteiger partial charge is 0.158 e. The van der Waals surface area contributed by atoms with Gasteiger partial charge >= 0.3 is 0 Å². The number of amidine groups is 1. The lowest BCUT2D eigenvalue weighted by molar-refractivity contribution is 0.262. The Hall–Kier alpha value is -1.69. The molecule has 2 rings (SSSR count). The van der Waals surface area contributed by atoms with Gasteiger partial charge in [-0.2, -0.15) is 0 Å². The van der Waals surface area contributed by atoms with E-state index in [2.05, 4.69) is 14.9 Å². The molecule has 1 atom stereocenters. The first kappa shape index (κ1) is 12.8. The molecule has 1 aliphatic heterocycles. The van der Waals surface area contributed by atoms with Crippen LogP contribution in [0.15, 0.2) is 12.4 Å². The molecule has 0 amide bonds. The largest absolute Gasteiger partial charge is 0.396 e. The molecule has 1 unspecified atom stereocenters. The number of anilines is 1. The monoisotopic (exact) mass is 249 g/mol. The molecule has 0 radical (unpaired) electrons. The summed E-state index contributed by atoms with van der Waals surface area (Å²) in [7, 11) is 0. The number of aliphatic hydroxyl groups is 1. The molecule has 1 aromatic rings. The van der Waals surface area contributed by atoms with Gasteiger partial charge in [-0.25, -0.2) is 9.97 Å². The SMILES string of the molecule is N=C(N)c1nccnc1N1CCCCC1CCO. The Morgan fingerprint density at radius 3 is 2.94 bits per heavy atom. The van der Waals surface area contributed by atoms with Crippen molar-refractivity contribution in [1.29, 1.82) is 5.41 Å². The molecule has 6 nitrogen and oxygen atoms in total. The molecular weight excluding hydrogens is 230 g/mol. The van der Waals surface area contributed by atoms with E-state index in [1.165, 1.54) is 0 Å². The van der Waals surface area contributed by atoms with Crippen LogP contribution in [0.2, 0.25) is 0 Å². The highest BCUT2D eigenvalue weighted by Gasteiger charge is 2.26. The lowest BCUT2D eigenvalue weighted by atomic mass is 9.99. The number of nitrogens with one attached hydrogen (secondary N) is 1. The second kappa shape index (κ2) is 5.77. The lowest BCUT2D eigenvalue weighted by Crippen LogP contribution is -2.42. The Kier molecular flexibility index (Phi) is 4.09. The highest BCUT2D eigenvalue weighted by Crippen LogP contribution is 2.26. The molecule has 1 aromatic heterocycles. The Bertz CT molecular complexity index is 421. The van der Waals surface area contributed by atoms with Crippen molar-refractivity contribution in [1.82, 2.24) is 9.97 Å². The van der Waals surface area contributed by atoms with Gasteiger partial charge in [0.2, 0.25) is 0 Å². The van der Waals surface area contributed by atoms with E-state index in [4.69, 9.17) is 16.2 Å². The summed E-state index contributed by atoms with van der Waals surface area (Å²) in [6.07, 6.45) is 7.17. The van der Waals surface area contributed by atoms with Crippen molar-refractivity contribution in [3.05, 3.63) is 18.1 Å². The summed E-state index contributed by atoms with van der Waals surface area (Å²) >= 11 is 0. The number of hydrogen-bond donors (Lipinski definition) is 3. The van der Waals surface area contributed by atoms with Gasteiger partial charge in [0.15, 0.2) is 5.82 Å². The number of aromatic nitrogens is 2. The van der Waals surface area contributed by atoms with E-state index in [9.17, 15) is 0 Å². The van der Waals surface area contributed by atoms with Crippen LogP contribution in [0.3, 0.4) is 0 Å². The summed E-state index contributed by atoms with van der Waals surface area (Å²) in [6.45, 7) is 1.04. The minimum absolute atomic E-state index is 0.0635. The molecule has 0 aromatic carbocycles. The van der Waals surface area contributed by atoms with Gasteiger partial charge < -0.3 is 15.7 Å². The maximum atomic E-state index is 9.13. The number of hydrogen-bond acceptors (Lipinski definition) is 5. The number of piperidine rings is 1. The van der Waals surface area contributed by atoms with Crippen LogP contribution in [0, 0.1) is 5.41 Å². The van der Waals surface area contributed by atoms with Crippen molar-refractivity contribution in [3.63, 3.8) is 0 Å². The quantitative estimate of drug-likeness (QED) is 0.533. The summed E-state index contributed by atoms with van der Waals surface area (Å²) in [6, 6.07) is 0.263. The predicted molar refractivity (Wildman–Crippen MR) is 69.7 cm³/mol. The van der Waals surface area contributed by atoms with Crippen LogP contribution >= 0.6 is 0 Å². The number of nitrogen functional groups attached to an aromatic ring is 1. The van der Waals surface area contributed by atoms with Crippen LogP contribution in [-0.4, -0.2) is 40.1 Å². The van der Waals surface area contributed by atoms with Gasteiger partial charge in [-0.15, -0.1) is 0 Å². The molecule has 18 heavy (non-hydrogen) atoms. The van der Waals surface area contributed by atoms with Crippen molar-refractivity contribution in [2.75, 3.05) is 18.1 Å². The van der Waals surface area contributed by atoms with Crippen LogP contribution in [0.1, 0.15) is 31.4 Å². The zero-order valence-electron chi connectivity index (χ0n) is 10.3. The van der Waals surface area contributed by atoms with E-state index < -0.39 is 0 Å². The first-order chi connectivity index (χ1) is 8.74. The molecule has 0 bridgehead atoms. The number of nitrogens with two attached hydrogens (primary N) is 1. The molecule has 1 saturated heterocycles. The summed E-state index contributed by atoms with van der Waals surface area (Å²) in [5.41, 5.74) is 5.98. The molecule has 6 heteroatoms. The number of rotatable bonds is 4. The van der Waals surface area contributed by atoms with Gasteiger partial charge in [-0.1, -0.05) is 0 Å². The molecule has 98 valence electrons. The summed E-state index contributed by atoms with van der Waals surface area (Å²) < 4.78 is 0. The van der Waals surface area contributed by atoms with Crippen molar-refractivity contribution in [2.45, 2.75) is 31.7 Å². The van der Waals surface area contributed by atoms with Gasteiger partial charge in [-0.05, 0) is 25.7 Å². The van der Waals surface area contributed by atoms with Crippen LogP contribution in [0.5, 0.6) is 0 Å². The van der Waals surface area contributed by atoms with Gasteiger partial charge in [0, 0.05) is 31.6 Å². The third-order valence-electron chi connectivity index (χ3n) is 3.30. The standard InChI is InChI=1S/C12H19N5O/c13-11(14)10-12(16-6-5-15-10)17-7-2-1-3-9(17)4-8-18/h5-6,9,18H,1-4,7-8H2,(H3,13,14). The average molecular weight is 249 g/mol. The fourth-order valence-electron chi connectivity index (χ4n) is 2.46. The molecule has 1 fully saturated rings. The summed E-state index contributed by atoms with van der Waals surface area (Å²) in [5.74, 6) is 0.606. The van der Waals surface area contributed by atoms with Gasteiger partial charge in [0.1, 0.15) is 11.5 Å². The Morgan fingerprint density at radius 1 is 1.44 bits per heavy atom. The van der Waals surface area contributed by atoms with E-state index in [0.29, 0.717) is 17.9 Å². The number of aliphatic hydroxyl groups excluding tert-OH is 1. The minimum Gasteiger partial charge on any atom is -0.396 e. The van der Waals surface area contributed by atoms with Crippen molar-refractivity contribution in [2.24, 2.45) is 5.73 Å². The molecule has 1 aliphatic rings.